The lowest BCUT2D eigenvalue weighted by atomic mass is 9.84. The van der Waals surface area contributed by atoms with Crippen LogP contribution in [0.2, 0.25) is 0 Å². The van der Waals surface area contributed by atoms with Crippen molar-refractivity contribution in [2.45, 2.75) is 88.1 Å². The van der Waals surface area contributed by atoms with Crippen molar-refractivity contribution in [3.63, 3.8) is 0 Å². The van der Waals surface area contributed by atoms with Crippen molar-refractivity contribution < 1.29 is 27.5 Å². The maximum Gasteiger partial charge on any atom is 0.573 e. The smallest absolute Gasteiger partial charge is 0.406 e. The fourth-order valence-corrected chi connectivity index (χ4v) is 5.63. The molecule has 0 radical (unpaired) electrons. The first-order valence-corrected chi connectivity index (χ1v) is 12.8. The summed E-state index contributed by atoms with van der Waals surface area (Å²) in [5.41, 5.74) is -0.135. The maximum atomic E-state index is 13.5. The Kier molecular flexibility index (Phi) is 7.93. The van der Waals surface area contributed by atoms with Gasteiger partial charge >= 0.3 is 6.36 Å². The zero-order valence-electron chi connectivity index (χ0n) is 20.3. The van der Waals surface area contributed by atoms with E-state index in [2.05, 4.69) is 15.4 Å². The summed E-state index contributed by atoms with van der Waals surface area (Å²) in [6.07, 6.45) is 4.57. The fraction of sp³-hybridized carbons (Fsp3) is 0.692. The van der Waals surface area contributed by atoms with E-state index in [-0.39, 0.29) is 17.6 Å². The van der Waals surface area contributed by atoms with E-state index in [1.807, 2.05) is 11.9 Å². The number of benzene rings is 1. The average Bonchev–Trinajstić information content (AvgIpc) is 3.65. The molecule has 4 rings (SSSR count). The maximum absolute atomic E-state index is 13.5. The van der Waals surface area contributed by atoms with Crippen molar-refractivity contribution >= 4 is 11.8 Å². The summed E-state index contributed by atoms with van der Waals surface area (Å²) in [5.74, 6) is -0.112. The number of carbonyl (C=O) groups excluding carboxylic acids is 2. The van der Waals surface area contributed by atoms with Crippen LogP contribution in [0.15, 0.2) is 24.3 Å². The van der Waals surface area contributed by atoms with Crippen LogP contribution in [-0.4, -0.2) is 55.3 Å². The number of piperidine rings is 1. The van der Waals surface area contributed by atoms with E-state index in [0.717, 1.165) is 38.5 Å². The summed E-state index contributed by atoms with van der Waals surface area (Å²) >= 11 is 0. The van der Waals surface area contributed by atoms with E-state index in [9.17, 15) is 22.8 Å². The van der Waals surface area contributed by atoms with Crippen LogP contribution in [0.25, 0.3) is 0 Å². The summed E-state index contributed by atoms with van der Waals surface area (Å²) in [4.78, 5) is 28.9. The first-order chi connectivity index (χ1) is 16.7. The second kappa shape index (κ2) is 10.8. The normalized spacial score (nSPS) is 21.9. The zero-order valence-corrected chi connectivity index (χ0v) is 20.3. The topological polar surface area (TPSA) is 70.7 Å². The van der Waals surface area contributed by atoms with Crippen LogP contribution in [0.1, 0.15) is 69.8 Å². The van der Waals surface area contributed by atoms with E-state index < -0.39 is 17.8 Å². The number of alkyl halides is 3. The van der Waals surface area contributed by atoms with Gasteiger partial charge in [-0.05, 0) is 62.8 Å². The number of likely N-dealkylation sites (tertiary alicyclic amines) is 1. The molecule has 1 saturated heterocycles. The third-order valence-corrected chi connectivity index (χ3v) is 7.94. The van der Waals surface area contributed by atoms with Gasteiger partial charge in [-0.1, -0.05) is 44.2 Å². The molecule has 35 heavy (non-hydrogen) atoms. The van der Waals surface area contributed by atoms with Crippen LogP contribution in [0.4, 0.5) is 13.2 Å². The number of ether oxygens (including phenoxy) is 1. The number of halogens is 3. The second-order valence-electron chi connectivity index (χ2n) is 10.3. The standard InChI is InChI=1S/C26H36F3N3O3/c1-30-20-11-15-32(16-12-20)23(33)22(17-18-5-3-2-4-6-18)31-24(34)25(13-14-25)19-7-9-21(10-8-19)35-26(27,28)29/h7-10,18,20,22,30H,2-6,11-17H2,1H3,(H,31,34)/t22-/m0/s1. The number of hydrogen-bond donors (Lipinski definition) is 2. The highest BCUT2D eigenvalue weighted by Gasteiger charge is 2.52. The van der Waals surface area contributed by atoms with Gasteiger partial charge in [0.05, 0.1) is 5.41 Å². The molecular weight excluding hydrogens is 459 g/mol. The molecule has 1 aliphatic heterocycles. The molecule has 1 heterocycles. The average molecular weight is 496 g/mol. The molecule has 194 valence electrons. The molecule has 3 fully saturated rings. The summed E-state index contributed by atoms with van der Waals surface area (Å²) in [5, 5.41) is 6.36. The lowest BCUT2D eigenvalue weighted by Crippen LogP contribution is -2.54. The Morgan fingerprint density at radius 2 is 1.69 bits per heavy atom. The summed E-state index contributed by atoms with van der Waals surface area (Å²) in [7, 11) is 1.94. The molecule has 6 nitrogen and oxygen atoms in total. The van der Waals surface area contributed by atoms with E-state index in [1.54, 1.807) is 0 Å². The van der Waals surface area contributed by atoms with E-state index in [4.69, 9.17) is 0 Å². The van der Waals surface area contributed by atoms with Crippen LogP contribution < -0.4 is 15.4 Å². The van der Waals surface area contributed by atoms with Gasteiger partial charge in [0.25, 0.3) is 0 Å². The number of nitrogens with one attached hydrogen (secondary N) is 2. The van der Waals surface area contributed by atoms with Crippen LogP contribution in [0, 0.1) is 5.92 Å². The number of rotatable bonds is 8. The molecule has 1 aromatic carbocycles. The van der Waals surface area contributed by atoms with Gasteiger partial charge in [0.2, 0.25) is 11.8 Å². The van der Waals surface area contributed by atoms with Gasteiger partial charge in [0, 0.05) is 19.1 Å². The van der Waals surface area contributed by atoms with Crippen LogP contribution in [0.3, 0.4) is 0 Å². The van der Waals surface area contributed by atoms with Crippen molar-refractivity contribution in [1.82, 2.24) is 15.5 Å². The Labute approximate surface area is 205 Å². The molecule has 0 bridgehead atoms. The SMILES string of the molecule is CNC1CCN(C(=O)[C@H](CC2CCCCC2)NC(=O)C2(c3ccc(OC(F)(F)F)cc3)CC2)CC1. The van der Waals surface area contributed by atoms with Gasteiger partial charge in [0.15, 0.2) is 0 Å². The number of nitrogens with zero attached hydrogens (tertiary/aromatic N) is 1. The molecule has 3 aliphatic rings. The molecule has 9 heteroatoms. The summed E-state index contributed by atoms with van der Waals surface area (Å²) in [6, 6.07) is 5.37. The molecule has 2 N–H and O–H groups in total. The second-order valence-corrected chi connectivity index (χ2v) is 10.3. The summed E-state index contributed by atoms with van der Waals surface area (Å²) < 4.78 is 41.5. The van der Waals surface area contributed by atoms with E-state index in [1.165, 1.54) is 30.7 Å². The minimum atomic E-state index is -4.76. The van der Waals surface area contributed by atoms with Crippen LogP contribution in [0.5, 0.6) is 5.75 Å². The molecule has 0 unspecified atom stereocenters. The predicted molar refractivity (Wildman–Crippen MR) is 126 cm³/mol. The van der Waals surface area contributed by atoms with Crippen LogP contribution >= 0.6 is 0 Å². The Hall–Kier alpha value is -2.29. The predicted octanol–water partition coefficient (Wildman–Crippen LogP) is 4.28. The van der Waals surface area contributed by atoms with Crippen molar-refractivity contribution in [1.29, 1.82) is 0 Å². The minimum absolute atomic E-state index is 0.0109. The largest absolute Gasteiger partial charge is 0.573 e. The highest BCUT2D eigenvalue weighted by atomic mass is 19.4. The lowest BCUT2D eigenvalue weighted by Gasteiger charge is -2.36. The highest BCUT2D eigenvalue weighted by Crippen LogP contribution is 2.49. The van der Waals surface area contributed by atoms with Crippen molar-refractivity contribution in [2.75, 3.05) is 20.1 Å². The molecule has 2 aliphatic carbocycles. The molecule has 1 atom stereocenters. The molecule has 0 spiro atoms. The first-order valence-electron chi connectivity index (χ1n) is 12.8. The number of carbonyl (C=O) groups is 2. The lowest BCUT2D eigenvalue weighted by molar-refractivity contribution is -0.274. The minimum Gasteiger partial charge on any atom is -0.406 e. The molecule has 1 aromatic rings. The van der Waals surface area contributed by atoms with Crippen molar-refractivity contribution in [3.05, 3.63) is 29.8 Å². The third kappa shape index (κ3) is 6.48. The zero-order chi connectivity index (χ0) is 25.1. The third-order valence-electron chi connectivity index (χ3n) is 7.94. The quantitative estimate of drug-likeness (QED) is 0.565. The molecule has 0 aromatic heterocycles. The van der Waals surface area contributed by atoms with Gasteiger partial charge in [-0.15, -0.1) is 13.2 Å². The van der Waals surface area contributed by atoms with Gasteiger partial charge in [0.1, 0.15) is 11.8 Å². The fourth-order valence-electron chi connectivity index (χ4n) is 5.63. The highest BCUT2D eigenvalue weighted by molar-refractivity contribution is 5.95. The Balaban J connectivity index is 1.45. The Bertz CT molecular complexity index is 872. The first kappa shape index (κ1) is 25.8. The van der Waals surface area contributed by atoms with E-state index in [0.29, 0.717) is 49.9 Å². The number of hydrogen-bond acceptors (Lipinski definition) is 4. The van der Waals surface area contributed by atoms with E-state index >= 15 is 0 Å². The van der Waals surface area contributed by atoms with Gasteiger partial charge < -0.3 is 20.3 Å². The Morgan fingerprint density at radius 1 is 1.06 bits per heavy atom. The van der Waals surface area contributed by atoms with Gasteiger partial charge in [-0.2, -0.15) is 0 Å². The number of amides is 2. The molecule has 2 saturated carbocycles. The van der Waals surface area contributed by atoms with Gasteiger partial charge in [-0.3, -0.25) is 9.59 Å². The monoisotopic (exact) mass is 495 g/mol. The molecular formula is C26H36F3N3O3. The van der Waals surface area contributed by atoms with Crippen LogP contribution in [-0.2, 0) is 15.0 Å². The Morgan fingerprint density at radius 3 is 2.23 bits per heavy atom. The van der Waals surface area contributed by atoms with Gasteiger partial charge in [-0.25, -0.2) is 0 Å². The summed E-state index contributed by atoms with van der Waals surface area (Å²) in [6.45, 7) is 1.35. The van der Waals surface area contributed by atoms with Crippen molar-refractivity contribution in [3.8, 4) is 5.75 Å². The molecule has 2 amide bonds. The van der Waals surface area contributed by atoms with Crippen molar-refractivity contribution in [2.24, 2.45) is 5.92 Å².